The molecule has 4 N–H and O–H groups in total. The predicted molar refractivity (Wildman–Crippen MR) is 265 cm³/mol. The minimum atomic E-state index is -1.63. The Morgan fingerprint density at radius 2 is 1.01 bits per heavy atom. The fourth-order valence-electron chi connectivity index (χ4n) is 7.18. The Morgan fingerprint density at radius 1 is 0.574 bits per heavy atom. The smallest absolute Gasteiger partial charge is 0.423 e. The average molecular weight is 1040 g/mol. The normalized spacial score (nSPS) is 13.3. The average Bonchev–Trinajstić information content (AvgIpc) is 3.33. The molecule has 8 rings (SSSR count). The van der Waals surface area contributed by atoms with E-state index in [4.69, 9.17) is 10.0 Å². The third kappa shape index (κ3) is 15.6. The van der Waals surface area contributed by atoms with Crippen LogP contribution in [0.25, 0.3) is 11.1 Å². The number of hydrogen-bond donors (Lipinski definition) is 4. The number of carbonyl (C=O) groups is 4. The second-order valence-electron chi connectivity index (χ2n) is 15.7. The third-order valence-electron chi connectivity index (χ3n) is 10.9. The van der Waals surface area contributed by atoms with Crippen molar-refractivity contribution in [3.8, 4) is 11.1 Å². The van der Waals surface area contributed by atoms with E-state index in [0.29, 0.717) is 31.1 Å². The molecule has 2 fully saturated rings. The number of nitrogens with one attached hydrogen (secondary N) is 2. The van der Waals surface area contributed by atoms with Crippen LogP contribution in [0.2, 0.25) is 0 Å². The number of piperazine rings is 2. The zero-order valence-electron chi connectivity index (χ0n) is 37.4. The van der Waals surface area contributed by atoms with E-state index in [0.717, 1.165) is 82.5 Å². The first-order valence-corrected chi connectivity index (χ1v) is 22.7. The molecular weight excluding hydrogens is 988 g/mol. The van der Waals surface area contributed by atoms with Crippen molar-refractivity contribution in [3.63, 3.8) is 0 Å². The lowest BCUT2D eigenvalue weighted by Crippen LogP contribution is -2.48. The summed E-state index contributed by atoms with van der Waals surface area (Å²) in [4.78, 5) is 71.0. The molecule has 0 aliphatic carbocycles. The summed E-state index contributed by atoms with van der Waals surface area (Å²) in [5.74, 6) is -0.231. The lowest BCUT2D eigenvalue weighted by atomic mass is 9.81. The standard InChI is InChI=1S/C24H24FN5O2.C19H21IN4O2.C5H5BFNO2/c1-17(31)29-10-12-30(13-11-29)21-6-7-23(27-16-21)28-24(32)14-18-2-4-19(5-3-18)20-8-9-26-22(25)15-20;1-14(25)23-8-10-24(11-9-23)17-6-7-18(21-13-17)22-19(26)12-15-2-4-16(20)5-3-15;7-5-3-4(6(9)10)1-2-8-5/h2-9,15-16H,10-14H2,1H3,(H,27,28,32);2-7,13H,8-12H2,1H3,(H,21,22,26);1-3,9-10H. The summed E-state index contributed by atoms with van der Waals surface area (Å²) >= 11 is 2.24. The van der Waals surface area contributed by atoms with Crippen LogP contribution in [0, 0.1) is 15.5 Å². The Labute approximate surface area is 406 Å². The second-order valence-corrected chi connectivity index (χ2v) is 17.0. The summed E-state index contributed by atoms with van der Waals surface area (Å²) < 4.78 is 26.6. The molecule has 352 valence electrons. The number of pyridine rings is 4. The number of rotatable bonds is 10. The fraction of sp³-hybridized carbons (Fsp3) is 0.250. The third-order valence-corrected chi connectivity index (χ3v) is 11.6. The number of amides is 4. The quantitative estimate of drug-likeness (QED) is 0.0850. The summed E-state index contributed by atoms with van der Waals surface area (Å²) in [5, 5.41) is 22.7. The van der Waals surface area contributed by atoms with Gasteiger partial charge in [-0.15, -0.1) is 0 Å². The van der Waals surface area contributed by atoms with Crippen molar-refractivity contribution < 1.29 is 38.0 Å². The second kappa shape index (κ2) is 24.7. The first-order chi connectivity index (χ1) is 32.7. The van der Waals surface area contributed by atoms with Gasteiger partial charge in [0.15, 0.2) is 0 Å². The number of carbonyl (C=O) groups excluding carboxylic acids is 4. The molecule has 6 heterocycles. The topological polar surface area (TPSA) is 197 Å². The van der Waals surface area contributed by atoms with Gasteiger partial charge in [0.05, 0.1) is 36.6 Å². The maximum absolute atomic E-state index is 13.3. The Morgan fingerprint density at radius 3 is 1.40 bits per heavy atom. The van der Waals surface area contributed by atoms with Gasteiger partial charge in [-0.1, -0.05) is 36.4 Å². The number of nitrogens with zero attached hydrogens (tertiary/aromatic N) is 8. The molecule has 6 aromatic rings. The molecule has 0 bridgehead atoms. The molecule has 0 spiro atoms. The fourth-order valence-corrected chi connectivity index (χ4v) is 7.54. The Balaban J connectivity index is 0.000000189. The van der Waals surface area contributed by atoms with Crippen LogP contribution in [-0.4, -0.2) is 123 Å². The van der Waals surface area contributed by atoms with Crippen LogP contribution in [0.15, 0.2) is 122 Å². The number of benzene rings is 2. The first kappa shape index (κ1) is 50.5. The summed E-state index contributed by atoms with van der Waals surface area (Å²) in [6.07, 6.45) is 6.64. The van der Waals surface area contributed by atoms with Crippen molar-refractivity contribution in [2.75, 3.05) is 72.8 Å². The minimum Gasteiger partial charge on any atom is -0.423 e. The number of anilines is 4. The van der Waals surface area contributed by atoms with Gasteiger partial charge in [-0.05, 0) is 105 Å². The molecule has 0 radical (unpaired) electrons. The zero-order valence-corrected chi connectivity index (χ0v) is 39.6. The van der Waals surface area contributed by atoms with Gasteiger partial charge in [-0.2, -0.15) is 8.78 Å². The molecule has 0 saturated carbocycles. The number of hydrogen-bond acceptors (Lipinski definition) is 12. The molecule has 2 aromatic carbocycles. The van der Waals surface area contributed by atoms with Crippen molar-refractivity contribution in [2.24, 2.45) is 0 Å². The lowest BCUT2D eigenvalue weighted by molar-refractivity contribution is -0.129. The summed E-state index contributed by atoms with van der Waals surface area (Å²) in [6, 6.07) is 28.2. The van der Waals surface area contributed by atoms with Crippen molar-refractivity contribution >= 4 is 81.8 Å². The molecule has 68 heavy (non-hydrogen) atoms. The van der Waals surface area contributed by atoms with Crippen molar-refractivity contribution in [1.82, 2.24) is 29.7 Å². The number of aromatic nitrogens is 4. The van der Waals surface area contributed by atoms with E-state index in [-0.39, 0.29) is 35.5 Å². The van der Waals surface area contributed by atoms with Crippen molar-refractivity contribution in [2.45, 2.75) is 26.7 Å². The van der Waals surface area contributed by atoms with Gasteiger partial charge in [0.25, 0.3) is 0 Å². The lowest BCUT2D eigenvalue weighted by Gasteiger charge is -2.35. The van der Waals surface area contributed by atoms with Crippen LogP contribution in [0.5, 0.6) is 0 Å². The van der Waals surface area contributed by atoms with Crippen LogP contribution >= 0.6 is 22.6 Å². The summed E-state index contributed by atoms with van der Waals surface area (Å²) in [7, 11) is -1.63. The molecule has 4 aromatic heterocycles. The van der Waals surface area contributed by atoms with E-state index in [1.165, 1.54) is 24.5 Å². The maximum atomic E-state index is 13.3. The van der Waals surface area contributed by atoms with E-state index in [2.05, 4.69) is 63.0 Å². The largest absolute Gasteiger partial charge is 0.488 e. The Hall–Kier alpha value is -6.91. The van der Waals surface area contributed by atoms with Crippen LogP contribution in [0.4, 0.5) is 31.8 Å². The molecular formula is C48H50BF2IN10O6. The SMILES string of the molecule is CC(=O)N1CCN(c2ccc(NC(=O)Cc3ccc(-c4ccnc(F)c4)cc3)nc2)CC1.CC(=O)N1CCN(c2ccc(NC(=O)Cc3ccc(I)cc3)nc2)CC1.OB(O)c1ccnc(F)c1. The van der Waals surface area contributed by atoms with Crippen LogP contribution in [0.1, 0.15) is 25.0 Å². The van der Waals surface area contributed by atoms with Crippen molar-refractivity contribution in [1.29, 1.82) is 0 Å². The molecule has 0 unspecified atom stereocenters. The van der Waals surface area contributed by atoms with Gasteiger partial charge in [-0.3, -0.25) is 19.2 Å². The first-order valence-electron chi connectivity index (χ1n) is 21.6. The molecule has 2 saturated heterocycles. The molecule has 0 atom stereocenters. The molecule has 16 nitrogen and oxygen atoms in total. The van der Waals surface area contributed by atoms with Gasteiger partial charge >= 0.3 is 7.12 Å². The highest BCUT2D eigenvalue weighted by Crippen LogP contribution is 2.22. The Bertz CT molecular complexity index is 2620. The molecule has 2 aliphatic rings. The van der Waals surface area contributed by atoms with Gasteiger partial charge < -0.3 is 40.3 Å². The Kier molecular flexibility index (Phi) is 18.4. The monoisotopic (exact) mass is 1040 g/mol. The highest BCUT2D eigenvalue weighted by atomic mass is 127. The van der Waals surface area contributed by atoms with Crippen LogP contribution < -0.4 is 25.9 Å². The molecule has 4 amide bonds. The van der Waals surface area contributed by atoms with E-state index in [1.807, 2.05) is 76.5 Å². The van der Waals surface area contributed by atoms with E-state index in [9.17, 15) is 28.0 Å². The van der Waals surface area contributed by atoms with Gasteiger partial charge in [0, 0.05) is 88.2 Å². The van der Waals surface area contributed by atoms with E-state index < -0.39 is 19.0 Å². The van der Waals surface area contributed by atoms with Gasteiger partial charge in [0.1, 0.15) is 11.6 Å². The predicted octanol–water partition coefficient (Wildman–Crippen LogP) is 4.57. The highest BCUT2D eigenvalue weighted by molar-refractivity contribution is 14.1. The van der Waals surface area contributed by atoms with Crippen LogP contribution in [-0.2, 0) is 32.0 Å². The zero-order chi connectivity index (χ0) is 48.6. The minimum absolute atomic E-state index is 0.0819. The maximum Gasteiger partial charge on any atom is 0.488 e. The van der Waals surface area contributed by atoms with Gasteiger partial charge in [0.2, 0.25) is 35.5 Å². The summed E-state index contributed by atoms with van der Waals surface area (Å²) in [5.41, 5.74) is 5.49. The van der Waals surface area contributed by atoms with Crippen LogP contribution in [0.3, 0.4) is 0 Å². The van der Waals surface area contributed by atoms with E-state index in [1.54, 1.807) is 38.4 Å². The molecule has 2 aliphatic heterocycles. The van der Waals surface area contributed by atoms with E-state index >= 15 is 0 Å². The van der Waals surface area contributed by atoms with Crippen molar-refractivity contribution in [3.05, 3.63) is 148 Å². The highest BCUT2D eigenvalue weighted by Gasteiger charge is 2.21. The van der Waals surface area contributed by atoms with Gasteiger partial charge in [-0.25, -0.2) is 19.9 Å². The molecule has 20 heteroatoms. The number of halogens is 3. The summed E-state index contributed by atoms with van der Waals surface area (Å²) in [6.45, 7) is 9.14.